The molecule has 6 heteroatoms. The first-order valence-electron chi connectivity index (χ1n) is 8.26. The number of hydrogen-bond acceptors (Lipinski definition) is 3. The minimum absolute atomic E-state index is 0.250. The van der Waals surface area contributed by atoms with E-state index < -0.39 is 11.6 Å². The van der Waals surface area contributed by atoms with Gasteiger partial charge in [-0.05, 0) is 35.4 Å². The molecule has 2 aromatic carbocycles. The Kier molecular flexibility index (Phi) is 5.60. The van der Waals surface area contributed by atoms with Crippen LogP contribution in [0.5, 0.6) is 5.75 Å². The van der Waals surface area contributed by atoms with Crippen LogP contribution in [0, 0.1) is 17.5 Å². The molecule has 0 bridgehead atoms. The van der Waals surface area contributed by atoms with Gasteiger partial charge in [-0.2, -0.15) is 0 Å². The molecule has 0 N–H and O–H groups in total. The van der Waals surface area contributed by atoms with Gasteiger partial charge in [0.25, 0.3) is 0 Å². The van der Waals surface area contributed by atoms with E-state index in [1.807, 2.05) is 6.07 Å². The maximum atomic E-state index is 13.8. The first-order valence-corrected chi connectivity index (χ1v) is 8.26. The van der Waals surface area contributed by atoms with Gasteiger partial charge < -0.3 is 4.74 Å². The van der Waals surface area contributed by atoms with E-state index in [1.165, 1.54) is 25.3 Å². The topological polar surface area (TPSA) is 15.7 Å². The van der Waals surface area contributed by atoms with Gasteiger partial charge in [-0.15, -0.1) is 0 Å². The Morgan fingerprint density at radius 2 is 1.28 bits per heavy atom. The molecule has 1 saturated heterocycles. The quantitative estimate of drug-likeness (QED) is 0.822. The number of benzene rings is 2. The lowest BCUT2D eigenvalue weighted by molar-refractivity contribution is 0.122. The molecular formula is C19H21F3N2O. The average molecular weight is 350 g/mol. The lowest BCUT2D eigenvalue weighted by atomic mass is 10.1. The van der Waals surface area contributed by atoms with Gasteiger partial charge in [0.2, 0.25) is 0 Å². The first-order chi connectivity index (χ1) is 12.0. The van der Waals surface area contributed by atoms with Crippen molar-refractivity contribution in [2.75, 3.05) is 33.3 Å². The normalized spacial score (nSPS) is 16.2. The molecule has 0 aromatic heterocycles. The van der Waals surface area contributed by atoms with Crippen molar-refractivity contribution < 1.29 is 17.9 Å². The SMILES string of the molecule is COc1ccc(CN2CCN(Cc3ccc(F)c(F)c3)CC2)cc1F. The van der Waals surface area contributed by atoms with Crippen LogP contribution in [-0.4, -0.2) is 43.1 Å². The van der Waals surface area contributed by atoms with Gasteiger partial charge in [-0.25, -0.2) is 13.2 Å². The predicted molar refractivity (Wildman–Crippen MR) is 89.9 cm³/mol. The maximum Gasteiger partial charge on any atom is 0.165 e. The zero-order valence-electron chi connectivity index (χ0n) is 14.1. The number of piperazine rings is 1. The minimum atomic E-state index is -0.819. The third-order valence-electron chi connectivity index (χ3n) is 4.48. The van der Waals surface area contributed by atoms with Gasteiger partial charge >= 0.3 is 0 Å². The Labute approximate surface area is 145 Å². The highest BCUT2D eigenvalue weighted by molar-refractivity contribution is 5.29. The molecule has 1 heterocycles. The summed E-state index contributed by atoms with van der Waals surface area (Å²) < 4.78 is 45.0. The van der Waals surface area contributed by atoms with Crippen LogP contribution in [0.15, 0.2) is 36.4 Å². The van der Waals surface area contributed by atoms with Crippen LogP contribution < -0.4 is 4.74 Å². The molecule has 0 saturated carbocycles. The molecule has 0 spiro atoms. The van der Waals surface area contributed by atoms with Crippen molar-refractivity contribution in [2.45, 2.75) is 13.1 Å². The average Bonchev–Trinajstić information content (AvgIpc) is 2.60. The minimum Gasteiger partial charge on any atom is -0.494 e. The highest BCUT2D eigenvalue weighted by Crippen LogP contribution is 2.19. The molecule has 0 radical (unpaired) electrons. The largest absolute Gasteiger partial charge is 0.494 e. The van der Waals surface area contributed by atoms with Gasteiger partial charge in [0, 0.05) is 39.3 Å². The molecule has 2 aromatic rings. The van der Waals surface area contributed by atoms with E-state index in [9.17, 15) is 13.2 Å². The Hall–Kier alpha value is -2.05. The number of nitrogens with zero attached hydrogens (tertiary/aromatic N) is 2. The summed E-state index contributed by atoms with van der Waals surface area (Å²) in [4.78, 5) is 4.46. The fraction of sp³-hybridized carbons (Fsp3) is 0.368. The number of halogens is 3. The van der Waals surface area contributed by atoms with E-state index in [2.05, 4.69) is 9.80 Å². The standard InChI is InChI=1S/C19H21F3N2O/c1-25-19-5-3-15(11-18(19)22)13-24-8-6-23(7-9-24)12-14-2-4-16(20)17(21)10-14/h2-5,10-11H,6-9,12-13H2,1H3. The van der Waals surface area contributed by atoms with Crippen molar-refractivity contribution in [3.05, 3.63) is 65.0 Å². The van der Waals surface area contributed by atoms with Crippen molar-refractivity contribution in [2.24, 2.45) is 0 Å². The molecule has 134 valence electrons. The summed E-state index contributed by atoms with van der Waals surface area (Å²) in [5.74, 6) is -1.73. The molecular weight excluding hydrogens is 329 g/mol. The second kappa shape index (κ2) is 7.89. The van der Waals surface area contributed by atoms with Crippen molar-refractivity contribution in [3.8, 4) is 5.75 Å². The zero-order valence-corrected chi connectivity index (χ0v) is 14.1. The van der Waals surface area contributed by atoms with Crippen LogP contribution in [0.25, 0.3) is 0 Å². The lowest BCUT2D eigenvalue weighted by Gasteiger charge is -2.34. The third-order valence-corrected chi connectivity index (χ3v) is 4.48. The van der Waals surface area contributed by atoms with Crippen LogP contribution in [0.1, 0.15) is 11.1 Å². The summed E-state index contributed by atoms with van der Waals surface area (Å²) in [5.41, 5.74) is 1.68. The second-order valence-corrected chi connectivity index (χ2v) is 6.27. The van der Waals surface area contributed by atoms with Crippen molar-refractivity contribution in [1.29, 1.82) is 0 Å². The summed E-state index contributed by atoms with van der Waals surface area (Å²) in [7, 11) is 1.45. The van der Waals surface area contributed by atoms with Crippen LogP contribution in [0.4, 0.5) is 13.2 Å². The summed E-state index contributed by atoms with van der Waals surface area (Å²) in [6.45, 7) is 4.63. The predicted octanol–water partition coefficient (Wildman–Crippen LogP) is 3.43. The Morgan fingerprint density at radius 1 is 0.760 bits per heavy atom. The molecule has 0 atom stereocenters. The van der Waals surface area contributed by atoms with E-state index in [0.717, 1.165) is 37.3 Å². The zero-order chi connectivity index (χ0) is 17.8. The van der Waals surface area contributed by atoms with Crippen LogP contribution in [-0.2, 0) is 13.1 Å². The second-order valence-electron chi connectivity index (χ2n) is 6.27. The summed E-state index contributed by atoms with van der Waals surface area (Å²) in [6.07, 6.45) is 0. The van der Waals surface area contributed by atoms with E-state index in [0.29, 0.717) is 13.1 Å². The molecule has 1 aliphatic heterocycles. The summed E-state index contributed by atoms with van der Waals surface area (Å²) in [6, 6.07) is 9.05. The maximum absolute atomic E-state index is 13.8. The third kappa shape index (κ3) is 4.52. The van der Waals surface area contributed by atoms with E-state index in [4.69, 9.17) is 4.74 Å². The van der Waals surface area contributed by atoms with Gasteiger partial charge in [0.1, 0.15) is 0 Å². The fourth-order valence-corrected chi connectivity index (χ4v) is 3.07. The molecule has 25 heavy (non-hydrogen) atoms. The molecule has 1 fully saturated rings. The highest BCUT2D eigenvalue weighted by Gasteiger charge is 2.18. The Morgan fingerprint density at radius 3 is 1.76 bits per heavy atom. The van der Waals surface area contributed by atoms with Gasteiger partial charge in [-0.1, -0.05) is 12.1 Å². The smallest absolute Gasteiger partial charge is 0.165 e. The molecule has 0 amide bonds. The van der Waals surface area contributed by atoms with E-state index in [-0.39, 0.29) is 11.6 Å². The fourth-order valence-electron chi connectivity index (χ4n) is 3.07. The Balaban J connectivity index is 1.51. The first kappa shape index (κ1) is 17.8. The Bertz CT molecular complexity index is 731. The molecule has 0 unspecified atom stereocenters. The van der Waals surface area contributed by atoms with Crippen molar-refractivity contribution in [1.82, 2.24) is 9.80 Å². The van der Waals surface area contributed by atoms with Gasteiger partial charge in [-0.3, -0.25) is 9.80 Å². The van der Waals surface area contributed by atoms with Crippen LogP contribution in [0.3, 0.4) is 0 Å². The highest BCUT2D eigenvalue weighted by atomic mass is 19.2. The van der Waals surface area contributed by atoms with Gasteiger partial charge in [0.05, 0.1) is 7.11 Å². The van der Waals surface area contributed by atoms with Gasteiger partial charge in [0.15, 0.2) is 23.2 Å². The summed E-state index contributed by atoms with van der Waals surface area (Å²) >= 11 is 0. The van der Waals surface area contributed by atoms with Crippen LogP contribution >= 0.6 is 0 Å². The van der Waals surface area contributed by atoms with Crippen LogP contribution in [0.2, 0.25) is 0 Å². The van der Waals surface area contributed by atoms with Crippen molar-refractivity contribution in [3.63, 3.8) is 0 Å². The molecule has 3 rings (SSSR count). The number of hydrogen-bond donors (Lipinski definition) is 0. The van der Waals surface area contributed by atoms with E-state index >= 15 is 0 Å². The van der Waals surface area contributed by atoms with E-state index in [1.54, 1.807) is 12.1 Å². The lowest BCUT2D eigenvalue weighted by Crippen LogP contribution is -2.45. The number of ether oxygens (including phenoxy) is 1. The number of rotatable bonds is 5. The number of methoxy groups -OCH3 is 1. The molecule has 1 aliphatic rings. The summed E-state index contributed by atoms with van der Waals surface area (Å²) in [5, 5.41) is 0. The monoisotopic (exact) mass is 350 g/mol. The van der Waals surface area contributed by atoms with Crippen molar-refractivity contribution >= 4 is 0 Å². The molecule has 3 nitrogen and oxygen atoms in total. The molecule has 0 aliphatic carbocycles.